The van der Waals surface area contributed by atoms with Gasteiger partial charge in [-0.3, -0.25) is 0 Å². The Morgan fingerprint density at radius 3 is 1.23 bits per heavy atom. The minimum atomic E-state index is -4.30. The molecule has 3 rings (SSSR count). The topological polar surface area (TPSA) is 86.6 Å². The van der Waals surface area contributed by atoms with Gasteiger partial charge in [-0.25, -0.2) is 0 Å². The lowest BCUT2D eigenvalue weighted by molar-refractivity contribution is -0.137. The number of hydrogen-bond acceptors (Lipinski definition) is 7. The van der Waals surface area contributed by atoms with Gasteiger partial charge in [-0.15, -0.1) is 0 Å². The third kappa shape index (κ3) is 25.5. The third-order valence-electron chi connectivity index (χ3n) is 1.88. The van der Waals surface area contributed by atoms with Crippen molar-refractivity contribution in [1.82, 2.24) is 27.1 Å². The van der Waals surface area contributed by atoms with Crippen molar-refractivity contribution in [2.24, 2.45) is 0 Å². The van der Waals surface area contributed by atoms with Crippen LogP contribution in [0.15, 0.2) is 24.3 Å². The summed E-state index contributed by atoms with van der Waals surface area (Å²) >= 11 is 0. The second-order valence-corrected chi connectivity index (χ2v) is 8.67. The van der Waals surface area contributed by atoms with Gasteiger partial charge in [0.1, 0.15) is 5.75 Å². The Bertz CT molecular complexity index is 608. The summed E-state index contributed by atoms with van der Waals surface area (Å²) in [6, 6.07) is 4.74. The van der Waals surface area contributed by atoms with Crippen LogP contribution in [0.2, 0.25) is 0 Å². The van der Waals surface area contributed by atoms with E-state index < -0.39 is 11.7 Å². The van der Waals surface area contributed by atoms with Crippen LogP contribution in [-0.2, 0) is 6.18 Å². The van der Waals surface area contributed by atoms with Gasteiger partial charge < -0.3 is 4.74 Å². The molecule has 0 saturated heterocycles. The van der Waals surface area contributed by atoms with Gasteiger partial charge in [-0.05, 0) is 18.2 Å². The monoisotopic (exact) mass is 552 g/mol. The molecule has 0 N–H and O–H groups in total. The Morgan fingerprint density at radius 2 is 1.00 bits per heavy atom. The summed E-state index contributed by atoms with van der Waals surface area (Å²) in [5.41, 5.74) is -0.693. The van der Waals surface area contributed by atoms with Gasteiger partial charge in [0.15, 0.2) is 51.1 Å². The molecule has 1 aromatic carbocycles. The van der Waals surface area contributed by atoms with Gasteiger partial charge in [0, 0.05) is 0 Å². The van der Waals surface area contributed by atoms with Gasteiger partial charge in [0.05, 0.1) is 12.7 Å². The summed E-state index contributed by atoms with van der Waals surface area (Å²) in [6.45, 7) is 12.0. The number of benzene rings is 1. The van der Waals surface area contributed by atoms with Gasteiger partial charge in [0.2, 0.25) is 0 Å². The Hall–Kier alpha value is -0.590. The molecule has 0 aliphatic carbocycles. The normalized spacial score (nSPS) is 9.61. The van der Waals surface area contributed by atoms with E-state index in [1.165, 1.54) is 19.2 Å². The summed E-state index contributed by atoms with van der Waals surface area (Å²) in [5, 5.41) is 0. The first-order valence-electron chi connectivity index (χ1n) is 8.65. The molecule has 0 fully saturated rings. The molecule has 31 heavy (non-hydrogen) atoms. The SMILES string of the molecule is C.CC.CC.CC.COc1cccc(C(F)(F)F)c1.n1pnpnp1.n1pnpnp1. The lowest BCUT2D eigenvalue weighted by atomic mass is 10.2. The van der Waals surface area contributed by atoms with Crippen LogP contribution >= 0.6 is 51.1 Å². The smallest absolute Gasteiger partial charge is 0.416 e. The first-order chi connectivity index (χ1) is 14.5. The summed E-state index contributed by atoms with van der Waals surface area (Å²) in [4.78, 5) is 0. The third-order valence-corrected chi connectivity index (χ3v) is 5.72. The number of alkyl halides is 3. The number of methoxy groups -OCH3 is 1. The predicted molar refractivity (Wildman–Crippen MR) is 134 cm³/mol. The van der Waals surface area contributed by atoms with Crippen molar-refractivity contribution in [3.8, 4) is 5.75 Å². The van der Waals surface area contributed by atoms with Gasteiger partial charge in [0.25, 0.3) is 0 Å². The van der Waals surface area contributed by atoms with Crippen LogP contribution < -0.4 is 4.74 Å². The van der Waals surface area contributed by atoms with E-state index in [0.29, 0.717) is 0 Å². The minimum Gasteiger partial charge on any atom is -0.497 e. The maximum atomic E-state index is 12.0. The Morgan fingerprint density at radius 1 is 0.677 bits per heavy atom. The number of hydrogen-bond donors (Lipinski definition) is 0. The molecule has 0 saturated carbocycles. The average molecular weight is 552 g/mol. The van der Waals surface area contributed by atoms with E-state index in [1.807, 2.05) is 41.5 Å². The van der Waals surface area contributed by atoms with Crippen LogP contribution in [-0.4, -0.2) is 34.2 Å². The zero-order valence-electron chi connectivity index (χ0n) is 17.7. The fourth-order valence-electron chi connectivity index (χ4n) is 1.01. The van der Waals surface area contributed by atoms with E-state index in [2.05, 4.69) is 31.8 Å². The fraction of sp³-hybridized carbons (Fsp3) is 0.600. The standard InChI is InChI=1S/C8H7F3O.3C2H6.CH4.2N3P3/c1-12-7-4-2-3-6(5-7)8(9,10)11;3*1-2;;2*1-4-2-6-3-5-1/h2-5H,1H3;3*1-2H3;1H4;;. The number of ether oxygens (including phenoxy) is 1. The molecule has 0 atom stereocenters. The molecule has 0 bridgehead atoms. The number of rotatable bonds is 1. The molecular formula is C15H29F3N6OP6. The lowest BCUT2D eigenvalue weighted by Crippen LogP contribution is -2.04. The van der Waals surface area contributed by atoms with E-state index in [9.17, 15) is 13.2 Å². The molecule has 2 aromatic heterocycles. The van der Waals surface area contributed by atoms with Crippen molar-refractivity contribution in [2.75, 3.05) is 7.11 Å². The second-order valence-electron chi connectivity index (χ2n) is 3.30. The molecule has 0 aliphatic heterocycles. The molecular weight excluding hydrogens is 523 g/mol. The molecule has 7 nitrogen and oxygen atoms in total. The minimum absolute atomic E-state index is 0. The van der Waals surface area contributed by atoms with Crippen LogP contribution in [0, 0.1) is 0 Å². The Balaban J connectivity index is -0.000000164. The molecule has 0 amide bonds. The molecule has 0 aliphatic rings. The molecule has 0 spiro atoms. The first-order valence-corrected chi connectivity index (χ1v) is 13.5. The maximum Gasteiger partial charge on any atom is 0.416 e. The number of nitrogens with zero attached hydrogens (tertiary/aromatic N) is 6. The van der Waals surface area contributed by atoms with Crippen molar-refractivity contribution in [3.63, 3.8) is 0 Å². The van der Waals surface area contributed by atoms with E-state index in [1.54, 1.807) is 0 Å². The molecule has 176 valence electrons. The number of aromatic nitrogens is 6. The van der Waals surface area contributed by atoms with Crippen LogP contribution in [0.1, 0.15) is 54.5 Å². The number of halogens is 3. The van der Waals surface area contributed by atoms with Crippen molar-refractivity contribution >= 4 is 51.1 Å². The largest absolute Gasteiger partial charge is 0.497 e. The van der Waals surface area contributed by atoms with Crippen molar-refractivity contribution in [3.05, 3.63) is 29.8 Å². The highest BCUT2D eigenvalue weighted by molar-refractivity contribution is 7.44. The second kappa shape index (κ2) is 29.4. The van der Waals surface area contributed by atoms with Crippen LogP contribution in [0.25, 0.3) is 0 Å². The highest BCUT2D eigenvalue weighted by atomic mass is 31.1. The summed E-state index contributed by atoms with van der Waals surface area (Å²) < 4.78 is 63.5. The summed E-state index contributed by atoms with van der Waals surface area (Å²) in [5.74, 6) is 0.213. The summed E-state index contributed by atoms with van der Waals surface area (Å²) in [7, 11) is 6.31. The lowest BCUT2D eigenvalue weighted by Gasteiger charge is -2.07. The maximum absolute atomic E-state index is 12.0. The fourth-order valence-corrected chi connectivity index (χ4v) is 4.66. The van der Waals surface area contributed by atoms with Crippen LogP contribution in [0.5, 0.6) is 5.75 Å². The van der Waals surface area contributed by atoms with E-state index in [0.717, 1.165) is 63.2 Å². The van der Waals surface area contributed by atoms with E-state index in [-0.39, 0.29) is 13.2 Å². The molecule has 0 unspecified atom stereocenters. The van der Waals surface area contributed by atoms with Gasteiger partial charge in [-0.1, -0.05) is 55.0 Å². The molecule has 16 heteroatoms. The van der Waals surface area contributed by atoms with Crippen LogP contribution in [0.4, 0.5) is 13.2 Å². The van der Waals surface area contributed by atoms with Gasteiger partial charge in [-0.2, -0.15) is 40.2 Å². The first kappa shape index (κ1) is 37.7. The van der Waals surface area contributed by atoms with Gasteiger partial charge >= 0.3 is 6.18 Å². The highest BCUT2D eigenvalue weighted by Crippen LogP contribution is 2.30. The summed E-state index contributed by atoms with van der Waals surface area (Å²) in [6.07, 6.45) is -4.30. The Labute approximate surface area is 193 Å². The van der Waals surface area contributed by atoms with Crippen molar-refractivity contribution in [2.45, 2.75) is 55.1 Å². The zero-order chi connectivity index (χ0) is 23.7. The average Bonchev–Trinajstić information content (AvgIpc) is 2.85. The quantitative estimate of drug-likeness (QED) is 0.297. The van der Waals surface area contributed by atoms with Crippen molar-refractivity contribution < 1.29 is 17.9 Å². The molecule has 2 heterocycles. The molecule has 3 aromatic rings. The van der Waals surface area contributed by atoms with Crippen molar-refractivity contribution in [1.29, 1.82) is 0 Å². The van der Waals surface area contributed by atoms with E-state index >= 15 is 0 Å². The van der Waals surface area contributed by atoms with E-state index in [4.69, 9.17) is 0 Å². The Kier molecular flexibility index (Phi) is 35.8. The zero-order valence-corrected chi connectivity index (χ0v) is 23.1. The highest BCUT2D eigenvalue weighted by Gasteiger charge is 2.30. The van der Waals surface area contributed by atoms with Crippen LogP contribution in [0.3, 0.4) is 0 Å². The molecule has 0 radical (unpaired) electrons. The predicted octanol–water partition coefficient (Wildman–Crippen LogP) is 9.65.